The van der Waals surface area contributed by atoms with Crippen LogP contribution in [-0.4, -0.2) is 22.8 Å². The molecule has 2 fully saturated rings. The largest absolute Gasteiger partial charge is 0.300 e. The molecule has 1 aromatic heterocycles. The highest BCUT2D eigenvalue weighted by molar-refractivity contribution is 7.09. The summed E-state index contributed by atoms with van der Waals surface area (Å²) in [5.41, 5.74) is 0. The SMILES string of the molecule is O=C1CCC(N(Cc2cccs2)C2CC2)CC1. The van der Waals surface area contributed by atoms with Crippen molar-refractivity contribution >= 4 is 17.1 Å². The van der Waals surface area contributed by atoms with Crippen LogP contribution in [-0.2, 0) is 11.3 Å². The minimum absolute atomic E-state index is 0.466. The third-order valence-corrected chi connectivity index (χ3v) is 4.78. The maximum Gasteiger partial charge on any atom is 0.133 e. The second-order valence-electron chi connectivity index (χ2n) is 5.25. The number of carbonyl (C=O) groups is 1. The maximum absolute atomic E-state index is 11.3. The smallest absolute Gasteiger partial charge is 0.133 e. The van der Waals surface area contributed by atoms with E-state index in [1.807, 2.05) is 11.3 Å². The molecule has 1 heterocycles. The van der Waals surface area contributed by atoms with Crippen LogP contribution < -0.4 is 0 Å². The number of hydrogen-bond acceptors (Lipinski definition) is 3. The lowest BCUT2D eigenvalue weighted by Crippen LogP contribution is -2.39. The Morgan fingerprint density at radius 1 is 1.18 bits per heavy atom. The van der Waals surface area contributed by atoms with Crippen molar-refractivity contribution < 1.29 is 4.79 Å². The average Bonchev–Trinajstić information content (AvgIpc) is 3.05. The van der Waals surface area contributed by atoms with Crippen molar-refractivity contribution in [3.63, 3.8) is 0 Å². The minimum Gasteiger partial charge on any atom is -0.300 e. The van der Waals surface area contributed by atoms with Crippen LogP contribution in [0.25, 0.3) is 0 Å². The van der Waals surface area contributed by atoms with Gasteiger partial charge in [0.25, 0.3) is 0 Å². The molecule has 0 aliphatic heterocycles. The van der Waals surface area contributed by atoms with Gasteiger partial charge in [-0.2, -0.15) is 0 Å². The summed E-state index contributed by atoms with van der Waals surface area (Å²) in [6, 6.07) is 5.82. The van der Waals surface area contributed by atoms with E-state index in [1.165, 1.54) is 17.7 Å². The van der Waals surface area contributed by atoms with Gasteiger partial charge in [0.05, 0.1) is 0 Å². The van der Waals surface area contributed by atoms with E-state index in [4.69, 9.17) is 0 Å². The number of rotatable bonds is 4. The summed E-state index contributed by atoms with van der Waals surface area (Å²) in [5, 5.41) is 2.16. The van der Waals surface area contributed by atoms with Crippen LogP contribution in [0.1, 0.15) is 43.4 Å². The van der Waals surface area contributed by atoms with Crippen molar-refractivity contribution in [2.45, 2.75) is 57.2 Å². The summed E-state index contributed by atoms with van der Waals surface area (Å²) >= 11 is 1.85. The van der Waals surface area contributed by atoms with Crippen molar-refractivity contribution in [1.82, 2.24) is 4.90 Å². The topological polar surface area (TPSA) is 20.3 Å². The van der Waals surface area contributed by atoms with Crippen molar-refractivity contribution in [2.24, 2.45) is 0 Å². The lowest BCUT2D eigenvalue weighted by molar-refractivity contribution is -0.121. The highest BCUT2D eigenvalue weighted by atomic mass is 32.1. The minimum atomic E-state index is 0.466. The number of ketones is 1. The molecular formula is C14H19NOS. The zero-order valence-electron chi connectivity index (χ0n) is 10.1. The van der Waals surface area contributed by atoms with Gasteiger partial charge in [-0.05, 0) is 37.1 Å². The van der Waals surface area contributed by atoms with E-state index in [0.717, 1.165) is 38.3 Å². The van der Waals surface area contributed by atoms with Crippen LogP contribution in [0.4, 0.5) is 0 Å². The molecule has 2 aliphatic rings. The molecule has 3 heteroatoms. The van der Waals surface area contributed by atoms with E-state index < -0.39 is 0 Å². The molecule has 0 N–H and O–H groups in total. The van der Waals surface area contributed by atoms with Crippen molar-refractivity contribution in [3.05, 3.63) is 22.4 Å². The average molecular weight is 249 g/mol. The van der Waals surface area contributed by atoms with Crippen molar-refractivity contribution in [3.8, 4) is 0 Å². The molecule has 2 nitrogen and oxygen atoms in total. The Labute approximate surface area is 107 Å². The van der Waals surface area contributed by atoms with Crippen molar-refractivity contribution in [1.29, 1.82) is 0 Å². The summed E-state index contributed by atoms with van der Waals surface area (Å²) in [4.78, 5) is 15.4. The fourth-order valence-corrected chi connectivity index (χ4v) is 3.51. The molecule has 1 aromatic rings. The van der Waals surface area contributed by atoms with Gasteiger partial charge in [-0.3, -0.25) is 9.69 Å². The Morgan fingerprint density at radius 2 is 1.88 bits per heavy atom. The molecule has 0 unspecified atom stereocenters. The molecule has 2 aliphatic carbocycles. The molecule has 3 rings (SSSR count). The van der Waals surface area contributed by atoms with Crippen LogP contribution in [0.3, 0.4) is 0 Å². The Morgan fingerprint density at radius 3 is 2.47 bits per heavy atom. The summed E-state index contributed by atoms with van der Waals surface area (Å²) in [6.45, 7) is 1.10. The number of thiophene rings is 1. The standard InChI is InChI=1S/C14H19NOS/c16-13-7-5-12(6-8-13)15(11-3-4-11)10-14-2-1-9-17-14/h1-2,9,11-12H,3-8,10H2. The quantitative estimate of drug-likeness (QED) is 0.816. The number of Topliss-reactive ketones (excluding diaryl/α,β-unsaturated/α-hetero) is 1. The van der Waals surface area contributed by atoms with Gasteiger partial charge < -0.3 is 0 Å². The molecule has 0 radical (unpaired) electrons. The molecule has 0 saturated heterocycles. The van der Waals surface area contributed by atoms with Gasteiger partial charge in [-0.1, -0.05) is 6.07 Å². The second-order valence-corrected chi connectivity index (χ2v) is 6.28. The second kappa shape index (κ2) is 4.91. The lowest BCUT2D eigenvalue weighted by atomic mass is 9.93. The predicted octanol–water partition coefficient (Wildman–Crippen LogP) is 3.22. The fraction of sp³-hybridized carbons (Fsp3) is 0.643. The highest BCUT2D eigenvalue weighted by Crippen LogP contribution is 2.34. The van der Waals surface area contributed by atoms with E-state index in [-0.39, 0.29) is 0 Å². The van der Waals surface area contributed by atoms with E-state index in [9.17, 15) is 4.79 Å². The first-order chi connectivity index (χ1) is 8.33. The number of nitrogens with zero attached hydrogens (tertiary/aromatic N) is 1. The summed E-state index contributed by atoms with van der Waals surface area (Å²) in [6.07, 6.45) is 6.49. The van der Waals surface area contributed by atoms with Gasteiger partial charge >= 0.3 is 0 Å². The van der Waals surface area contributed by atoms with E-state index >= 15 is 0 Å². The third kappa shape index (κ3) is 2.78. The zero-order chi connectivity index (χ0) is 11.7. The van der Waals surface area contributed by atoms with E-state index in [2.05, 4.69) is 22.4 Å². The van der Waals surface area contributed by atoms with Crippen molar-refractivity contribution in [2.75, 3.05) is 0 Å². The van der Waals surface area contributed by atoms with Gasteiger partial charge in [0.15, 0.2) is 0 Å². The van der Waals surface area contributed by atoms with Gasteiger partial charge in [0.2, 0.25) is 0 Å². The molecule has 0 aromatic carbocycles. The highest BCUT2D eigenvalue weighted by Gasteiger charge is 2.35. The van der Waals surface area contributed by atoms with E-state index in [1.54, 1.807) is 0 Å². The molecule has 17 heavy (non-hydrogen) atoms. The Bertz CT molecular complexity index is 373. The lowest BCUT2D eigenvalue weighted by Gasteiger charge is -2.33. The van der Waals surface area contributed by atoms with Crippen LogP contribution in [0.5, 0.6) is 0 Å². The Hall–Kier alpha value is -0.670. The molecule has 0 amide bonds. The van der Waals surface area contributed by atoms with Crippen LogP contribution in [0.15, 0.2) is 17.5 Å². The molecule has 0 bridgehead atoms. The predicted molar refractivity (Wildman–Crippen MR) is 70.1 cm³/mol. The van der Waals surface area contributed by atoms with Crippen LogP contribution >= 0.6 is 11.3 Å². The number of hydrogen-bond donors (Lipinski definition) is 0. The normalized spacial score (nSPS) is 22.3. The third-order valence-electron chi connectivity index (χ3n) is 3.92. The summed E-state index contributed by atoms with van der Waals surface area (Å²) < 4.78 is 0. The maximum atomic E-state index is 11.3. The van der Waals surface area contributed by atoms with Gasteiger partial charge in [-0.25, -0.2) is 0 Å². The molecule has 0 spiro atoms. The number of carbonyl (C=O) groups excluding carboxylic acids is 1. The van der Waals surface area contributed by atoms with Crippen LogP contribution in [0.2, 0.25) is 0 Å². The zero-order valence-corrected chi connectivity index (χ0v) is 10.9. The molecule has 2 saturated carbocycles. The van der Waals surface area contributed by atoms with Gasteiger partial charge in [0.1, 0.15) is 5.78 Å². The Kier molecular flexibility index (Phi) is 3.30. The first-order valence-electron chi connectivity index (χ1n) is 6.63. The summed E-state index contributed by atoms with van der Waals surface area (Å²) in [5.74, 6) is 0.466. The van der Waals surface area contributed by atoms with Gasteiger partial charge in [-0.15, -0.1) is 11.3 Å². The Balaban J connectivity index is 1.65. The fourth-order valence-electron chi connectivity index (χ4n) is 2.80. The molecular weight excluding hydrogens is 230 g/mol. The van der Waals surface area contributed by atoms with E-state index in [0.29, 0.717) is 11.8 Å². The van der Waals surface area contributed by atoms with Crippen LogP contribution in [0, 0.1) is 0 Å². The molecule has 92 valence electrons. The molecule has 0 atom stereocenters. The first kappa shape index (κ1) is 11.4. The first-order valence-corrected chi connectivity index (χ1v) is 7.51. The summed E-state index contributed by atoms with van der Waals surface area (Å²) in [7, 11) is 0. The van der Waals surface area contributed by atoms with Gasteiger partial charge in [0, 0.05) is 36.3 Å². The monoisotopic (exact) mass is 249 g/mol.